The Labute approximate surface area is 169 Å². The van der Waals surface area contributed by atoms with E-state index in [2.05, 4.69) is 10.6 Å². The van der Waals surface area contributed by atoms with Gasteiger partial charge in [0.2, 0.25) is 0 Å². The Morgan fingerprint density at radius 3 is 2.17 bits per heavy atom. The standard InChI is InChI=1S/C23H22N2O4/c1-15-6-4-5-7-19(15)23(27)24-17-10-13-21(29-3)20(14-17)25-22(26)16-8-11-18(28-2)12-9-16/h4-14H,1-3H3,(H,24,27)(H,25,26). The first-order valence-corrected chi connectivity index (χ1v) is 9.02. The Balaban J connectivity index is 1.80. The van der Waals surface area contributed by atoms with E-state index in [1.807, 2.05) is 25.1 Å². The third-order valence-corrected chi connectivity index (χ3v) is 4.45. The summed E-state index contributed by atoms with van der Waals surface area (Å²) in [4.78, 5) is 25.1. The monoisotopic (exact) mass is 390 g/mol. The number of aryl methyl sites for hydroxylation is 1. The summed E-state index contributed by atoms with van der Waals surface area (Å²) >= 11 is 0. The Morgan fingerprint density at radius 2 is 1.52 bits per heavy atom. The fraction of sp³-hybridized carbons (Fsp3) is 0.130. The number of carbonyl (C=O) groups is 2. The molecule has 0 aliphatic heterocycles. The number of carbonyl (C=O) groups excluding carboxylic acids is 2. The maximum atomic E-state index is 12.6. The molecule has 0 spiro atoms. The lowest BCUT2D eigenvalue weighted by molar-refractivity contribution is 0.101. The molecule has 0 saturated heterocycles. The third kappa shape index (κ3) is 4.73. The van der Waals surface area contributed by atoms with Crippen LogP contribution in [0.1, 0.15) is 26.3 Å². The average Bonchev–Trinajstić information content (AvgIpc) is 2.74. The molecule has 0 bridgehead atoms. The van der Waals surface area contributed by atoms with Crippen LogP contribution in [-0.4, -0.2) is 26.0 Å². The highest BCUT2D eigenvalue weighted by molar-refractivity contribution is 6.07. The summed E-state index contributed by atoms with van der Waals surface area (Å²) in [5.74, 6) is 0.634. The van der Waals surface area contributed by atoms with Gasteiger partial charge in [-0.3, -0.25) is 9.59 Å². The van der Waals surface area contributed by atoms with Gasteiger partial charge in [0.25, 0.3) is 11.8 Å². The molecule has 3 aromatic rings. The number of benzene rings is 3. The predicted molar refractivity (Wildman–Crippen MR) is 113 cm³/mol. The predicted octanol–water partition coefficient (Wildman–Crippen LogP) is 4.52. The van der Waals surface area contributed by atoms with Gasteiger partial charge in [0.1, 0.15) is 11.5 Å². The summed E-state index contributed by atoms with van der Waals surface area (Å²) in [7, 11) is 3.08. The van der Waals surface area contributed by atoms with Crippen molar-refractivity contribution in [1.82, 2.24) is 0 Å². The van der Waals surface area contributed by atoms with Gasteiger partial charge in [-0.15, -0.1) is 0 Å². The summed E-state index contributed by atoms with van der Waals surface area (Å²) in [5, 5.41) is 5.68. The average molecular weight is 390 g/mol. The van der Waals surface area contributed by atoms with Crippen molar-refractivity contribution in [2.75, 3.05) is 24.9 Å². The molecule has 0 aliphatic carbocycles. The van der Waals surface area contributed by atoms with E-state index in [0.717, 1.165) is 5.56 Å². The zero-order valence-corrected chi connectivity index (χ0v) is 16.5. The molecular weight excluding hydrogens is 368 g/mol. The molecule has 6 nitrogen and oxygen atoms in total. The Bertz CT molecular complexity index is 1030. The first-order chi connectivity index (χ1) is 14.0. The van der Waals surface area contributed by atoms with Crippen molar-refractivity contribution in [3.05, 3.63) is 83.4 Å². The molecule has 0 unspecified atom stereocenters. The maximum absolute atomic E-state index is 12.6. The Hall–Kier alpha value is -3.80. The van der Waals surface area contributed by atoms with Crippen molar-refractivity contribution in [2.45, 2.75) is 6.92 Å². The number of hydrogen-bond acceptors (Lipinski definition) is 4. The molecule has 29 heavy (non-hydrogen) atoms. The van der Waals surface area contributed by atoms with E-state index in [1.54, 1.807) is 55.6 Å². The molecule has 0 atom stereocenters. The second kappa shape index (κ2) is 8.93. The van der Waals surface area contributed by atoms with Gasteiger partial charge >= 0.3 is 0 Å². The molecule has 3 rings (SSSR count). The number of rotatable bonds is 6. The van der Waals surface area contributed by atoms with E-state index >= 15 is 0 Å². The Morgan fingerprint density at radius 1 is 0.793 bits per heavy atom. The van der Waals surface area contributed by atoms with E-state index in [0.29, 0.717) is 34.0 Å². The first-order valence-electron chi connectivity index (χ1n) is 9.02. The number of methoxy groups -OCH3 is 2. The second-order valence-corrected chi connectivity index (χ2v) is 6.37. The number of anilines is 2. The molecule has 3 aromatic carbocycles. The largest absolute Gasteiger partial charge is 0.497 e. The van der Waals surface area contributed by atoms with Crippen LogP contribution in [-0.2, 0) is 0 Å². The molecule has 0 heterocycles. The van der Waals surface area contributed by atoms with E-state index < -0.39 is 0 Å². The quantitative estimate of drug-likeness (QED) is 0.649. The van der Waals surface area contributed by atoms with Crippen LogP contribution in [0, 0.1) is 6.92 Å². The molecule has 6 heteroatoms. The zero-order valence-electron chi connectivity index (χ0n) is 16.5. The number of amides is 2. The van der Waals surface area contributed by atoms with E-state index in [1.165, 1.54) is 7.11 Å². The maximum Gasteiger partial charge on any atom is 0.255 e. The van der Waals surface area contributed by atoms with Gasteiger partial charge in [0.05, 0.1) is 19.9 Å². The SMILES string of the molecule is COc1ccc(C(=O)Nc2cc(NC(=O)c3ccccc3C)ccc2OC)cc1. The molecule has 0 aliphatic rings. The van der Waals surface area contributed by atoms with Gasteiger partial charge in [-0.25, -0.2) is 0 Å². The number of ether oxygens (including phenoxy) is 2. The molecule has 0 fully saturated rings. The molecule has 0 aromatic heterocycles. The van der Waals surface area contributed by atoms with Crippen molar-refractivity contribution in [3.8, 4) is 11.5 Å². The Kier molecular flexibility index (Phi) is 6.14. The van der Waals surface area contributed by atoms with Crippen LogP contribution in [0.5, 0.6) is 11.5 Å². The number of hydrogen-bond donors (Lipinski definition) is 2. The minimum Gasteiger partial charge on any atom is -0.497 e. The fourth-order valence-corrected chi connectivity index (χ4v) is 2.85. The van der Waals surface area contributed by atoms with Gasteiger partial charge < -0.3 is 20.1 Å². The van der Waals surface area contributed by atoms with Gasteiger partial charge in [-0.05, 0) is 61.0 Å². The molecule has 0 radical (unpaired) electrons. The minimum absolute atomic E-state index is 0.222. The van der Waals surface area contributed by atoms with Crippen molar-refractivity contribution in [3.63, 3.8) is 0 Å². The lowest BCUT2D eigenvalue weighted by Crippen LogP contribution is -2.15. The van der Waals surface area contributed by atoms with Crippen LogP contribution < -0.4 is 20.1 Å². The van der Waals surface area contributed by atoms with E-state index in [9.17, 15) is 9.59 Å². The zero-order chi connectivity index (χ0) is 20.8. The van der Waals surface area contributed by atoms with Crippen LogP contribution in [0.25, 0.3) is 0 Å². The highest BCUT2D eigenvalue weighted by Gasteiger charge is 2.13. The molecular formula is C23H22N2O4. The van der Waals surface area contributed by atoms with Crippen LogP contribution in [0.15, 0.2) is 66.7 Å². The molecule has 2 amide bonds. The first kappa shape index (κ1) is 19.9. The topological polar surface area (TPSA) is 76.7 Å². The smallest absolute Gasteiger partial charge is 0.255 e. The van der Waals surface area contributed by atoms with E-state index in [4.69, 9.17) is 9.47 Å². The summed E-state index contributed by atoms with van der Waals surface area (Å²) in [6, 6.07) is 19.2. The molecule has 148 valence electrons. The lowest BCUT2D eigenvalue weighted by atomic mass is 10.1. The van der Waals surface area contributed by atoms with Gasteiger partial charge in [-0.2, -0.15) is 0 Å². The fourth-order valence-electron chi connectivity index (χ4n) is 2.85. The second-order valence-electron chi connectivity index (χ2n) is 6.37. The normalized spacial score (nSPS) is 10.2. The summed E-state index contributed by atoms with van der Waals surface area (Å²) in [5.41, 5.74) is 2.95. The summed E-state index contributed by atoms with van der Waals surface area (Å²) in [6.07, 6.45) is 0. The lowest BCUT2D eigenvalue weighted by Gasteiger charge is -2.13. The molecule has 2 N–H and O–H groups in total. The van der Waals surface area contributed by atoms with Crippen LogP contribution in [0.4, 0.5) is 11.4 Å². The van der Waals surface area contributed by atoms with Crippen LogP contribution in [0.3, 0.4) is 0 Å². The van der Waals surface area contributed by atoms with Crippen molar-refractivity contribution < 1.29 is 19.1 Å². The van der Waals surface area contributed by atoms with Crippen LogP contribution >= 0.6 is 0 Å². The highest BCUT2D eigenvalue weighted by Crippen LogP contribution is 2.29. The summed E-state index contributed by atoms with van der Waals surface area (Å²) < 4.78 is 10.4. The van der Waals surface area contributed by atoms with E-state index in [-0.39, 0.29) is 11.8 Å². The number of nitrogens with one attached hydrogen (secondary N) is 2. The van der Waals surface area contributed by atoms with Gasteiger partial charge in [0, 0.05) is 16.8 Å². The summed E-state index contributed by atoms with van der Waals surface area (Å²) in [6.45, 7) is 1.88. The van der Waals surface area contributed by atoms with Gasteiger partial charge in [0.15, 0.2) is 0 Å². The molecule has 0 saturated carbocycles. The van der Waals surface area contributed by atoms with Crippen LogP contribution in [0.2, 0.25) is 0 Å². The van der Waals surface area contributed by atoms with Crippen molar-refractivity contribution in [1.29, 1.82) is 0 Å². The highest BCUT2D eigenvalue weighted by atomic mass is 16.5. The van der Waals surface area contributed by atoms with Gasteiger partial charge in [-0.1, -0.05) is 18.2 Å². The van der Waals surface area contributed by atoms with Crippen molar-refractivity contribution >= 4 is 23.2 Å². The minimum atomic E-state index is -0.298. The van der Waals surface area contributed by atoms with Crippen molar-refractivity contribution in [2.24, 2.45) is 0 Å². The third-order valence-electron chi connectivity index (χ3n) is 4.45.